The van der Waals surface area contributed by atoms with Crippen LogP contribution < -0.4 is 14.2 Å². The van der Waals surface area contributed by atoms with Gasteiger partial charge in [-0.2, -0.15) is 0 Å². The number of rotatable bonds is 4. The molecule has 0 saturated heterocycles. The molecule has 5 heteroatoms. The highest BCUT2D eigenvalue weighted by Crippen LogP contribution is 2.41. The summed E-state index contributed by atoms with van der Waals surface area (Å²) in [6.07, 6.45) is 3.52. The third kappa shape index (κ3) is 2.81. The fourth-order valence-corrected chi connectivity index (χ4v) is 2.18. The molecule has 4 nitrogen and oxygen atoms in total. The van der Waals surface area contributed by atoms with Gasteiger partial charge in [0.15, 0.2) is 11.5 Å². The number of hydrogen-bond donors (Lipinski definition) is 0. The minimum absolute atomic E-state index is 0.580. The molecule has 2 aromatic rings. The Kier molecular flexibility index (Phi) is 4.27. The smallest absolute Gasteiger partial charge is 0.203 e. The molecule has 0 aliphatic carbocycles. The Hall–Kier alpha value is -1.75. The van der Waals surface area contributed by atoms with Crippen LogP contribution >= 0.6 is 15.9 Å². The third-order valence-corrected chi connectivity index (χ3v) is 3.14. The first-order valence-corrected chi connectivity index (χ1v) is 6.39. The van der Waals surface area contributed by atoms with Gasteiger partial charge in [-0.3, -0.25) is 4.98 Å². The zero-order valence-corrected chi connectivity index (χ0v) is 12.5. The van der Waals surface area contributed by atoms with Gasteiger partial charge in [0.2, 0.25) is 5.75 Å². The van der Waals surface area contributed by atoms with Crippen molar-refractivity contribution in [2.75, 3.05) is 21.3 Å². The summed E-state index contributed by atoms with van der Waals surface area (Å²) >= 11 is 3.41. The van der Waals surface area contributed by atoms with Crippen molar-refractivity contribution in [3.8, 4) is 28.4 Å². The lowest BCUT2D eigenvalue weighted by molar-refractivity contribution is 0.324. The number of benzene rings is 1. The highest BCUT2D eigenvalue weighted by Gasteiger charge is 2.14. The number of pyridine rings is 1. The molecule has 0 N–H and O–H groups in total. The van der Waals surface area contributed by atoms with Crippen LogP contribution in [0, 0.1) is 0 Å². The van der Waals surface area contributed by atoms with Crippen LogP contribution in [-0.2, 0) is 0 Å². The second-order valence-electron chi connectivity index (χ2n) is 3.81. The number of methoxy groups -OCH3 is 3. The van der Waals surface area contributed by atoms with E-state index in [1.165, 1.54) is 0 Å². The summed E-state index contributed by atoms with van der Waals surface area (Å²) in [7, 11) is 4.78. The van der Waals surface area contributed by atoms with Gasteiger partial charge in [-0.05, 0) is 39.7 Å². The van der Waals surface area contributed by atoms with Crippen molar-refractivity contribution < 1.29 is 14.2 Å². The van der Waals surface area contributed by atoms with Crippen LogP contribution in [0.2, 0.25) is 0 Å². The quantitative estimate of drug-likeness (QED) is 0.863. The molecule has 0 aliphatic heterocycles. The van der Waals surface area contributed by atoms with E-state index in [1.807, 2.05) is 18.2 Å². The summed E-state index contributed by atoms with van der Waals surface area (Å²) in [6.45, 7) is 0. The Morgan fingerprint density at radius 1 is 0.842 bits per heavy atom. The van der Waals surface area contributed by atoms with E-state index < -0.39 is 0 Å². The molecule has 0 radical (unpaired) electrons. The lowest BCUT2D eigenvalue weighted by atomic mass is 10.1. The van der Waals surface area contributed by atoms with Crippen LogP contribution in [0.5, 0.6) is 17.2 Å². The Bertz CT molecular complexity index is 562. The van der Waals surface area contributed by atoms with E-state index in [9.17, 15) is 0 Å². The monoisotopic (exact) mass is 323 g/mol. The first-order valence-electron chi connectivity index (χ1n) is 5.60. The Morgan fingerprint density at radius 3 is 1.95 bits per heavy atom. The number of ether oxygens (including phenoxy) is 3. The molecule has 2 rings (SSSR count). The lowest BCUT2D eigenvalue weighted by Gasteiger charge is -2.14. The Balaban J connectivity index is 2.59. The van der Waals surface area contributed by atoms with Gasteiger partial charge in [-0.1, -0.05) is 0 Å². The van der Waals surface area contributed by atoms with E-state index in [0.29, 0.717) is 17.2 Å². The normalized spacial score (nSPS) is 10.1. The largest absolute Gasteiger partial charge is 0.493 e. The Morgan fingerprint density at radius 2 is 1.47 bits per heavy atom. The summed E-state index contributed by atoms with van der Waals surface area (Å²) in [5.74, 6) is 1.82. The zero-order valence-electron chi connectivity index (χ0n) is 10.9. The van der Waals surface area contributed by atoms with Gasteiger partial charge in [-0.15, -0.1) is 0 Å². The van der Waals surface area contributed by atoms with E-state index >= 15 is 0 Å². The van der Waals surface area contributed by atoms with Gasteiger partial charge in [0.1, 0.15) is 0 Å². The summed E-state index contributed by atoms with van der Waals surface area (Å²) < 4.78 is 16.9. The SMILES string of the molecule is COc1cc(-c2cncc(Br)c2)cc(OC)c1OC. The predicted molar refractivity (Wildman–Crippen MR) is 77.0 cm³/mol. The number of hydrogen-bond acceptors (Lipinski definition) is 4. The maximum absolute atomic E-state index is 5.33. The van der Waals surface area contributed by atoms with E-state index in [-0.39, 0.29) is 0 Å². The maximum Gasteiger partial charge on any atom is 0.203 e. The van der Waals surface area contributed by atoms with E-state index in [0.717, 1.165) is 15.6 Å². The summed E-state index contributed by atoms with van der Waals surface area (Å²) in [5.41, 5.74) is 1.91. The molecular formula is C14H14BrNO3. The molecule has 19 heavy (non-hydrogen) atoms. The second-order valence-corrected chi connectivity index (χ2v) is 4.72. The van der Waals surface area contributed by atoms with E-state index in [2.05, 4.69) is 20.9 Å². The van der Waals surface area contributed by atoms with Crippen LogP contribution in [0.1, 0.15) is 0 Å². The minimum atomic E-state index is 0.580. The first-order chi connectivity index (χ1) is 9.19. The predicted octanol–water partition coefficient (Wildman–Crippen LogP) is 3.54. The fourth-order valence-electron chi connectivity index (χ4n) is 1.82. The molecule has 0 unspecified atom stereocenters. The van der Waals surface area contributed by atoms with Gasteiger partial charge in [0, 0.05) is 22.4 Å². The Labute approximate surface area is 120 Å². The topological polar surface area (TPSA) is 40.6 Å². The molecule has 100 valence electrons. The van der Waals surface area contributed by atoms with Gasteiger partial charge in [-0.25, -0.2) is 0 Å². The van der Waals surface area contributed by atoms with Crippen molar-refractivity contribution in [1.29, 1.82) is 0 Å². The van der Waals surface area contributed by atoms with Crippen molar-refractivity contribution in [2.24, 2.45) is 0 Å². The van der Waals surface area contributed by atoms with Crippen LogP contribution in [-0.4, -0.2) is 26.3 Å². The van der Waals surface area contributed by atoms with Crippen LogP contribution in [0.15, 0.2) is 35.1 Å². The number of nitrogens with zero attached hydrogens (tertiary/aromatic N) is 1. The molecule has 1 heterocycles. The number of halogens is 1. The molecule has 0 bridgehead atoms. The molecule has 1 aromatic heterocycles. The summed E-state index contributed by atoms with van der Waals surface area (Å²) in [4.78, 5) is 4.15. The minimum Gasteiger partial charge on any atom is -0.493 e. The van der Waals surface area contributed by atoms with Crippen molar-refractivity contribution in [2.45, 2.75) is 0 Å². The molecule has 0 spiro atoms. The molecule has 0 fully saturated rings. The lowest BCUT2D eigenvalue weighted by Crippen LogP contribution is -1.95. The fraction of sp³-hybridized carbons (Fsp3) is 0.214. The van der Waals surface area contributed by atoms with Gasteiger partial charge >= 0.3 is 0 Å². The van der Waals surface area contributed by atoms with Crippen molar-refractivity contribution in [3.05, 3.63) is 35.1 Å². The first kappa shape index (κ1) is 13.7. The maximum atomic E-state index is 5.33. The van der Waals surface area contributed by atoms with Gasteiger partial charge in [0.05, 0.1) is 21.3 Å². The van der Waals surface area contributed by atoms with Crippen LogP contribution in [0.25, 0.3) is 11.1 Å². The third-order valence-electron chi connectivity index (χ3n) is 2.70. The molecule has 0 aliphatic rings. The second kappa shape index (κ2) is 5.93. The van der Waals surface area contributed by atoms with Crippen molar-refractivity contribution in [1.82, 2.24) is 4.98 Å². The summed E-state index contributed by atoms with van der Waals surface area (Å²) in [6, 6.07) is 5.77. The zero-order chi connectivity index (χ0) is 13.8. The molecule has 0 saturated carbocycles. The summed E-state index contributed by atoms with van der Waals surface area (Å²) in [5, 5.41) is 0. The van der Waals surface area contributed by atoms with Gasteiger partial charge < -0.3 is 14.2 Å². The molecule has 1 aromatic carbocycles. The van der Waals surface area contributed by atoms with Crippen molar-refractivity contribution in [3.63, 3.8) is 0 Å². The molecule has 0 atom stereocenters. The number of aromatic nitrogens is 1. The van der Waals surface area contributed by atoms with E-state index in [1.54, 1.807) is 33.7 Å². The molecular weight excluding hydrogens is 310 g/mol. The van der Waals surface area contributed by atoms with Crippen LogP contribution in [0.4, 0.5) is 0 Å². The highest BCUT2D eigenvalue weighted by molar-refractivity contribution is 9.10. The average Bonchev–Trinajstić information content (AvgIpc) is 2.45. The van der Waals surface area contributed by atoms with E-state index in [4.69, 9.17) is 14.2 Å². The molecule has 0 amide bonds. The van der Waals surface area contributed by atoms with Crippen molar-refractivity contribution >= 4 is 15.9 Å². The van der Waals surface area contributed by atoms with Crippen LogP contribution in [0.3, 0.4) is 0 Å². The average molecular weight is 324 g/mol. The highest BCUT2D eigenvalue weighted by atomic mass is 79.9. The van der Waals surface area contributed by atoms with Gasteiger partial charge in [0.25, 0.3) is 0 Å². The standard InChI is InChI=1S/C14H14BrNO3/c1-17-12-5-9(6-13(18-2)14(12)19-3)10-4-11(15)8-16-7-10/h4-8H,1-3H3.